The fourth-order valence-electron chi connectivity index (χ4n) is 0.955. The van der Waals surface area contributed by atoms with Gasteiger partial charge in [-0.05, 0) is 25.0 Å². The normalized spacial score (nSPS) is 18.8. The van der Waals surface area contributed by atoms with E-state index in [0.29, 0.717) is 0 Å². The third-order valence-electron chi connectivity index (χ3n) is 1.95. The average molecular weight is 207 g/mol. The lowest BCUT2D eigenvalue weighted by Crippen LogP contribution is -2.60. The van der Waals surface area contributed by atoms with Gasteiger partial charge >= 0.3 is 5.97 Å². The first-order valence-electron chi connectivity index (χ1n) is 4.17. The molecule has 4 nitrogen and oxygen atoms in total. The Hall–Kier alpha value is -0.260. The van der Waals surface area contributed by atoms with Crippen molar-refractivity contribution in [2.24, 2.45) is 11.7 Å². The van der Waals surface area contributed by atoms with E-state index in [2.05, 4.69) is 0 Å². The van der Waals surface area contributed by atoms with Crippen LogP contribution in [0.2, 0.25) is 0 Å². The van der Waals surface area contributed by atoms with Crippen molar-refractivity contribution in [2.45, 2.75) is 37.8 Å². The summed E-state index contributed by atoms with van der Waals surface area (Å²) >= 11 is -1.56. The van der Waals surface area contributed by atoms with Crippen LogP contribution in [0.25, 0.3) is 0 Å². The molecule has 2 atom stereocenters. The van der Waals surface area contributed by atoms with Gasteiger partial charge in [0.15, 0.2) is 0 Å². The summed E-state index contributed by atoms with van der Waals surface area (Å²) in [6.45, 7) is 6.72. The fourth-order valence-corrected chi connectivity index (χ4v) is 2.37. The average Bonchev–Trinajstić information content (AvgIpc) is 2.00. The highest BCUT2D eigenvalue weighted by molar-refractivity contribution is 7.94. The Labute approximate surface area is 81.7 Å². The quantitative estimate of drug-likeness (QED) is 0.659. The van der Waals surface area contributed by atoms with E-state index in [1.165, 1.54) is 0 Å². The molecule has 0 saturated carbocycles. The second-order valence-electron chi connectivity index (χ2n) is 3.60. The molecular weight excluding hydrogens is 190 g/mol. The second-order valence-corrected chi connectivity index (χ2v) is 5.81. The van der Waals surface area contributed by atoms with Crippen LogP contribution in [0.5, 0.6) is 0 Å². The van der Waals surface area contributed by atoms with Gasteiger partial charge in [0.05, 0.1) is 0 Å². The number of carboxylic acids is 1. The first-order chi connectivity index (χ1) is 5.74. The van der Waals surface area contributed by atoms with E-state index >= 15 is 0 Å². The first-order valence-corrected chi connectivity index (χ1v) is 5.38. The number of aliphatic carboxylic acids is 1. The van der Waals surface area contributed by atoms with E-state index in [9.17, 15) is 9.35 Å². The molecule has 0 aliphatic rings. The van der Waals surface area contributed by atoms with Crippen molar-refractivity contribution in [2.75, 3.05) is 0 Å². The SMILES string of the molecule is CC(C)[S+]([O-])[C@](N)(C(=O)O)C(C)C. The third-order valence-corrected chi connectivity index (χ3v) is 4.12. The summed E-state index contributed by atoms with van der Waals surface area (Å²) in [7, 11) is 0. The molecule has 0 aliphatic heterocycles. The Kier molecular flexibility index (Phi) is 4.22. The van der Waals surface area contributed by atoms with Crippen LogP contribution in [0, 0.1) is 5.92 Å². The molecule has 0 saturated heterocycles. The van der Waals surface area contributed by atoms with Gasteiger partial charge in [0, 0.05) is 5.92 Å². The molecule has 0 bridgehead atoms. The van der Waals surface area contributed by atoms with Gasteiger partial charge in [-0.3, -0.25) is 5.73 Å². The van der Waals surface area contributed by atoms with E-state index in [1.54, 1.807) is 27.7 Å². The Morgan fingerprint density at radius 2 is 1.85 bits per heavy atom. The minimum atomic E-state index is -1.63. The van der Waals surface area contributed by atoms with Crippen molar-refractivity contribution in [3.63, 3.8) is 0 Å². The maximum Gasteiger partial charge on any atom is 0.376 e. The zero-order valence-corrected chi connectivity index (χ0v) is 9.22. The maximum atomic E-state index is 11.7. The smallest absolute Gasteiger partial charge is 0.376 e. The molecule has 13 heavy (non-hydrogen) atoms. The van der Waals surface area contributed by atoms with Crippen LogP contribution in [0.1, 0.15) is 27.7 Å². The Morgan fingerprint density at radius 3 is 1.92 bits per heavy atom. The van der Waals surface area contributed by atoms with Crippen LogP contribution in [0.4, 0.5) is 0 Å². The second kappa shape index (κ2) is 4.30. The highest BCUT2D eigenvalue weighted by atomic mass is 32.2. The van der Waals surface area contributed by atoms with Crippen LogP contribution in [-0.4, -0.2) is 25.7 Å². The van der Waals surface area contributed by atoms with Crippen molar-refractivity contribution in [1.82, 2.24) is 0 Å². The zero-order valence-electron chi connectivity index (χ0n) is 8.40. The van der Waals surface area contributed by atoms with E-state index in [0.717, 1.165) is 0 Å². The number of nitrogens with two attached hydrogens (primary N) is 1. The fraction of sp³-hybridized carbons (Fsp3) is 0.875. The van der Waals surface area contributed by atoms with Crippen LogP contribution in [0.15, 0.2) is 0 Å². The van der Waals surface area contributed by atoms with Gasteiger partial charge in [-0.25, -0.2) is 4.79 Å². The van der Waals surface area contributed by atoms with Gasteiger partial charge in [0.25, 0.3) is 4.87 Å². The summed E-state index contributed by atoms with van der Waals surface area (Å²) < 4.78 is 11.7. The predicted molar refractivity (Wildman–Crippen MR) is 52.7 cm³/mol. The molecule has 78 valence electrons. The highest BCUT2D eigenvalue weighted by Gasteiger charge is 2.50. The van der Waals surface area contributed by atoms with E-state index in [-0.39, 0.29) is 11.2 Å². The van der Waals surface area contributed by atoms with Crippen molar-refractivity contribution < 1.29 is 14.5 Å². The van der Waals surface area contributed by atoms with Gasteiger partial charge in [-0.1, -0.05) is 13.8 Å². The number of carboxylic acid groups (broad SMARTS) is 1. The summed E-state index contributed by atoms with van der Waals surface area (Å²) in [6, 6.07) is 0. The lowest BCUT2D eigenvalue weighted by molar-refractivity contribution is -0.141. The van der Waals surface area contributed by atoms with Crippen LogP contribution < -0.4 is 5.73 Å². The molecule has 0 aromatic heterocycles. The van der Waals surface area contributed by atoms with E-state index in [1.807, 2.05) is 0 Å². The predicted octanol–water partition coefficient (Wildman–Crippen LogP) is 0.539. The Morgan fingerprint density at radius 1 is 1.46 bits per heavy atom. The molecular formula is C8H17NO3S. The summed E-state index contributed by atoms with van der Waals surface area (Å²) in [4.78, 5) is 9.26. The third kappa shape index (κ3) is 2.36. The van der Waals surface area contributed by atoms with Crippen molar-refractivity contribution in [3.8, 4) is 0 Å². The number of carbonyl (C=O) groups is 1. The van der Waals surface area contributed by atoms with Gasteiger partial charge in [-0.15, -0.1) is 0 Å². The number of hydrogen-bond acceptors (Lipinski definition) is 3. The monoisotopic (exact) mass is 207 g/mol. The van der Waals surface area contributed by atoms with E-state index < -0.39 is 22.0 Å². The molecule has 0 aliphatic carbocycles. The molecule has 0 amide bonds. The molecule has 0 radical (unpaired) electrons. The van der Waals surface area contributed by atoms with Crippen molar-refractivity contribution in [3.05, 3.63) is 0 Å². The standard InChI is InChI=1S/C8H17NO3S/c1-5(2)8(9,7(10)11)13(12)6(3)4/h5-6H,9H2,1-4H3,(H,10,11)/t8-,13?/m0/s1. The maximum absolute atomic E-state index is 11.7. The van der Waals surface area contributed by atoms with Crippen molar-refractivity contribution >= 4 is 17.1 Å². The molecule has 0 spiro atoms. The molecule has 3 N–H and O–H groups in total. The topological polar surface area (TPSA) is 86.4 Å². The minimum absolute atomic E-state index is 0.247. The summed E-state index contributed by atoms with van der Waals surface area (Å²) in [6.07, 6.45) is 0. The van der Waals surface area contributed by atoms with Crippen molar-refractivity contribution in [1.29, 1.82) is 0 Å². The molecule has 1 unspecified atom stereocenters. The summed E-state index contributed by atoms with van der Waals surface area (Å²) in [5.74, 6) is -1.55. The number of hydrogen-bond donors (Lipinski definition) is 2. The highest BCUT2D eigenvalue weighted by Crippen LogP contribution is 2.25. The molecule has 0 heterocycles. The van der Waals surface area contributed by atoms with Crippen LogP contribution >= 0.6 is 0 Å². The Bertz CT molecular complexity index is 196. The summed E-state index contributed by atoms with van der Waals surface area (Å²) in [5.41, 5.74) is 5.63. The van der Waals surface area contributed by atoms with Crippen LogP contribution in [0.3, 0.4) is 0 Å². The van der Waals surface area contributed by atoms with Gasteiger partial charge in [0.1, 0.15) is 5.25 Å². The molecule has 0 aromatic rings. The Balaban J connectivity index is 4.90. The lowest BCUT2D eigenvalue weighted by atomic mass is 10.1. The minimum Gasteiger partial charge on any atom is -0.614 e. The molecule has 0 rings (SSSR count). The summed E-state index contributed by atoms with van der Waals surface area (Å²) in [5, 5.41) is 8.66. The van der Waals surface area contributed by atoms with Crippen LogP contribution in [-0.2, 0) is 16.0 Å². The molecule has 5 heteroatoms. The molecule has 0 aromatic carbocycles. The first kappa shape index (κ1) is 12.7. The lowest BCUT2D eigenvalue weighted by Gasteiger charge is -2.33. The number of rotatable bonds is 4. The van der Waals surface area contributed by atoms with E-state index in [4.69, 9.17) is 10.8 Å². The van der Waals surface area contributed by atoms with Gasteiger partial charge < -0.3 is 9.66 Å². The zero-order chi connectivity index (χ0) is 10.8. The van der Waals surface area contributed by atoms with Gasteiger partial charge in [-0.2, -0.15) is 0 Å². The molecule has 0 fully saturated rings. The van der Waals surface area contributed by atoms with Gasteiger partial charge in [0.2, 0.25) is 0 Å². The largest absolute Gasteiger partial charge is 0.614 e.